The number of sulfonamides is 1. The van der Waals surface area contributed by atoms with Gasteiger partial charge in [0.2, 0.25) is 15.9 Å². The highest BCUT2D eigenvalue weighted by atomic mass is 32.2. The van der Waals surface area contributed by atoms with Gasteiger partial charge in [0.25, 0.3) is 0 Å². The molecule has 1 saturated heterocycles. The Morgan fingerprint density at radius 2 is 1.85 bits per heavy atom. The van der Waals surface area contributed by atoms with E-state index in [0.717, 1.165) is 10.9 Å². The van der Waals surface area contributed by atoms with Crippen LogP contribution in [0.2, 0.25) is 0 Å². The zero-order valence-corrected chi connectivity index (χ0v) is 20.4. The standard InChI is InChI=1S/C23H32N4O5S/c1-17-15-18-7-5-8-19(21(18)25-16-17)33(30,31)27-13-11-26(12-14-27)20(28)9-6-10-24-22(29)32-23(2,3)4/h5,7-8,15-16H,6,9-14H2,1-4H3,(H,24,29). The summed E-state index contributed by atoms with van der Waals surface area (Å²) in [5.41, 5.74) is 0.852. The molecule has 180 valence electrons. The first kappa shape index (κ1) is 24.9. The molecule has 3 rings (SSSR count). The van der Waals surface area contributed by atoms with Gasteiger partial charge in [0.1, 0.15) is 10.5 Å². The van der Waals surface area contributed by atoms with Crippen molar-refractivity contribution in [2.75, 3.05) is 32.7 Å². The number of pyridine rings is 1. The van der Waals surface area contributed by atoms with E-state index in [-0.39, 0.29) is 30.3 Å². The lowest BCUT2D eigenvalue weighted by molar-refractivity contribution is -0.132. The smallest absolute Gasteiger partial charge is 0.407 e. The van der Waals surface area contributed by atoms with Gasteiger partial charge in [-0.2, -0.15) is 4.31 Å². The Labute approximate surface area is 195 Å². The van der Waals surface area contributed by atoms with Crippen LogP contribution in [0, 0.1) is 6.92 Å². The largest absolute Gasteiger partial charge is 0.444 e. The fourth-order valence-corrected chi connectivity index (χ4v) is 5.26. The highest BCUT2D eigenvalue weighted by Gasteiger charge is 2.31. The molecule has 0 spiro atoms. The quantitative estimate of drug-likeness (QED) is 0.642. The molecule has 2 heterocycles. The summed E-state index contributed by atoms with van der Waals surface area (Å²) in [6, 6.07) is 7.06. The first-order chi connectivity index (χ1) is 15.5. The summed E-state index contributed by atoms with van der Waals surface area (Å²) < 4.78 is 33.1. The molecule has 0 unspecified atom stereocenters. The SMILES string of the molecule is Cc1cnc2c(S(=O)(=O)N3CCN(C(=O)CCCNC(=O)OC(C)(C)C)CC3)cccc2c1. The van der Waals surface area contributed by atoms with Gasteiger partial charge in [-0.15, -0.1) is 0 Å². The molecule has 2 amide bonds. The maximum absolute atomic E-state index is 13.3. The topological polar surface area (TPSA) is 109 Å². The van der Waals surface area contributed by atoms with E-state index in [1.807, 2.05) is 19.1 Å². The number of benzene rings is 1. The van der Waals surface area contributed by atoms with Crippen LogP contribution in [0.3, 0.4) is 0 Å². The number of amides is 2. The van der Waals surface area contributed by atoms with Crippen LogP contribution in [-0.2, 0) is 19.6 Å². The number of hydrogen-bond donors (Lipinski definition) is 1. The lowest BCUT2D eigenvalue weighted by Crippen LogP contribution is -2.50. The molecule has 1 N–H and O–H groups in total. The number of carbonyl (C=O) groups excluding carboxylic acids is 2. The highest BCUT2D eigenvalue weighted by Crippen LogP contribution is 2.25. The Hall–Kier alpha value is -2.72. The molecule has 0 bridgehead atoms. The van der Waals surface area contributed by atoms with Crippen molar-refractivity contribution in [3.8, 4) is 0 Å². The number of aryl methyl sites for hydroxylation is 1. The molecular weight excluding hydrogens is 444 g/mol. The molecule has 0 radical (unpaired) electrons. The maximum atomic E-state index is 13.3. The molecule has 1 aliphatic heterocycles. The van der Waals surface area contributed by atoms with Crippen LogP contribution in [0.25, 0.3) is 10.9 Å². The third-order valence-electron chi connectivity index (χ3n) is 5.26. The van der Waals surface area contributed by atoms with Crippen molar-refractivity contribution in [3.05, 3.63) is 36.0 Å². The normalized spacial score (nSPS) is 15.5. The van der Waals surface area contributed by atoms with Crippen molar-refractivity contribution in [1.29, 1.82) is 0 Å². The predicted molar refractivity (Wildman–Crippen MR) is 125 cm³/mol. The van der Waals surface area contributed by atoms with Crippen molar-refractivity contribution in [3.63, 3.8) is 0 Å². The first-order valence-electron chi connectivity index (χ1n) is 11.1. The highest BCUT2D eigenvalue weighted by molar-refractivity contribution is 7.89. The van der Waals surface area contributed by atoms with Gasteiger partial charge in [0.05, 0.1) is 5.52 Å². The summed E-state index contributed by atoms with van der Waals surface area (Å²) in [5.74, 6) is -0.0552. The van der Waals surface area contributed by atoms with Crippen molar-refractivity contribution in [1.82, 2.24) is 19.5 Å². The second-order valence-corrected chi connectivity index (χ2v) is 11.1. The zero-order chi connectivity index (χ0) is 24.2. The number of nitrogens with zero attached hydrogens (tertiary/aromatic N) is 3. The van der Waals surface area contributed by atoms with E-state index >= 15 is 0 Å². The molecule has 0 saturated carbocycles. The Bertz CT molecular complexity index is 1120. The summed E-state index contributed by atoms with van der Waals surface area (Å²) >= 11 is 0. The molecule has 1 aromatic heterocycles. The predicted octanol–water partition coefficient (Wildman–Crippen LogP) is 2.68. The number of aromatic nitrogens is 1. The number of carbonyl (C=O) groups is 2. The van der Waals surface area contributed by atoms with Gasteiger partial charge >= 0.3 is 6.09 Å². The number of rotatable bonds is 6. The average molecular weight is 477 g/mol. The van der Waals surface area contributed by atoms with Crippen molar-refractivity contribution >= 4 is 32.9 Å². The Morgan fingerprint density at radius 3 is 2.52 bits per heavy atom. The molecule has 1 aromatic carbocycles. The van der Waals surface area contributed by atoms with E-state index in [1.165, 1.54) is 4.31 Å². The fraction of sp³-hybridized carbons (Fsp3) is 0.522. The summed E-state index contributed by atoms with van der Waals surface area (Å²) in [5, 5.41) is 3.42. The molecule has 33 heavy (non-hydrogen) atoms. The molecule has 1 fully saturated rings. The first-order valence-corrected chi connectivity index (χ1v) is 12.5. The van der Waals surface area contributed by atoms with Crippen LogP contribution in [0.15, 0.2) is 35.4 Å². The minimum Gasteiger partial charge on any atom is -0.444 e. The lowest BCUT2D eigenvalue weighted by atomic mass is 10.2. The molecular formula is C23H32N4O5S. The van der Waals surface area contributed by atoms with E-state index in [1.54, 1.807) is 44.0 Å². The molecule has 0 atom stereocenters. The Balaban J connectivity index is 1.52. The molecule has 2 aromatic rings. The number of alkyl carbamates (subject to hydrolysis) is 1. The monoisotopic (exact) mass is 476 g/mol. The zero-order valence-electron chi connectivity index (χ0n) is 19.6. The third-order valence-corrected chi connectivity index (χ3v) is 7.19. The molecule has 10 heteroatoms. The van der Waals surface area contributed by atoms with E-state index < -0.39 is 21.7 Å². The summed E-state index contributed by atoms with van der Waals surface area (Å²) in [7, 11) is -3.72. The summed E-state index contributed by atoms with van der Waals surface area (Å²) in [6.45, 7) is 8.72. The Morgan fingerprint density at radius 1 is 1.15 bits per heavy atom. The van der Waals surface area contributed by atoms with Gasteiger partial charge < -0.3 is 15.0 Å². The molecule has 0 aliphatic carbocycles. The maximum Gasteiger partial charge on any atom is 0.407 e. The van der Waals surface area contributed by atoms with Gasteiger partial charge in [-0.25, -0.2) is 13.2 Å². The van der Waals surface area contributed by atoms with Gasteiger partial charge in [-0.05, 0) is 51.8 Å². The van der Waals surface area contributed by atoms with Crippen molar-refractivity contribution in [2.45, 2.75) is 51.0 Å². The molecule has 1 aliphatic rings. The second kappa shape index (κ2) is 10.0. The minimum atomic E-state index is -3.72. The van der Waals surface area contributed by atoms with Crippen molar-refractivity contribution in [2.24, 2.45) is 0 Å². The van der Waals surface area contributed by atoms with Crippen LogP contribution in [0.5, 0.6) is 0 Å². The second-order valence-electron chi connectivity index (χ2n) is 9.16. The van der Waals surface area contributed by atoms with Gasteiger partial charge in [-0.1, -0.05) is 12.1 Å². The van der Waals surface area contributed by atoms with E-state index in [2.05, 4.69) is 10.3 Å². The van der Waals surface area contributed by atoms with E-state index in [0.29, 0.717) is 31.6 Å². The molecule has 9 nitrogen and oxygen atoms in total. The van der Waals surface area contributed by atoms with Crippen LogP contribution in [0.1, 0.15) is 39.2 Å². The summed E-state index contributed by atoms with van der Waals surface area (Å²) in [6.07, 6.45) is 1.91. The van der Waals surface area contributed by atoms with E-state index in [4.69, 9.17) is 4.74 Å². The minimum absolute atomic E-state index is 0.0552. The summed E-state index contributed by atoms with van der Waals surface area (Å²) in [4.78, 5) is 30.4. The number of fused-ring (bicyclic) bond motifs is 1. The van der Waals surface area contributed by atoms with Crippen LogP contribution in [0.4, 0.5) is 4.79 Å². The number of para-hydroxylation sites is 1. The van der Waals surface area contributed by atoms with Gasteiger partial charge in [0, 0.05) is 50.7 Å². The van der Waals surface area contributed by atoms with Crippen LogP contribution in [-0.4, -0.2) is 72.9 Å². The third kappa shape index (κ3) is 6.42. The number of piperazine rings is 1. The number of hydrogen-bond acceptors (Lipinski definition) is 6. The van der Waals surface area contributed by atoms with Crippen LogP contribution >= 0.6 is 0 Å². The van der Waals surface area contributed by atoms with Gasteiger partial charge in [0.15, 0.2) is 0 Å². The van der Waals surface area contributed by atoms with E-state index in [9.17, 15) is 18.0 Å². The van der Waals surface area contributed by atoms with Crippen molar-refractivity contribution < 1.29 is 22.7 Å². The van der Waals surface area contributed by atoms with Crippen LogP contribution < -0.4 is 5.32 Å². The van der Waals surface area contributed by atoms with Gasteiger partial charge in [-0.3, -0.25) is 9.78 Å². The number of nitrogens with one attached hydrogen (secondary N) is 1. The lowest BCUT2D eigenvalue weighted by Gasteiger charge is -2.34. The fourth-order valence-electron chi connectivity index (χ4n) is 3.67. The average Bonchev–Trinajstić information content (AvgIpc) is 2.74. The Kier molecular flexibility index (Phi) is 7.58. The number of ether oxygens (including phenoxy) is 1.